The second kappa shape index (κ2) is 2.80. The standard InChI is InChI=1S/C8H11NO2S2/c1-5-2-3-7(12-5)6-4-8(6)13(9,10)11/h2-3,6,8H,4H2,1H3,(H2,9,10,11). The van der Waals surface area contributed by atoms with Crippen molar-refractivity contribution in [3.63, 3.8) is 0 Å². The predicted molar refractivity (Wildman–Crippen MR) is 53.3 cm³/mol. The highest BCUT2D eigenvalue weighted by atomic mass is 32.2. The molecule has 0 amide bonds. The van der Waals surface area contributed by atoms with Crippen molar-refractivity contribution in [2.75, 3.05) is 0 Å². The SMILES string of the molecule is Cc1ccc(C2CC2S(N)(=O)=O)s1. The zero-order chi connectivity index (χ0) is 9.64. The second-order valence-electron chi connectivity index (χ2n) is 3.42. The van der Waals surface area contributed by atoms with Gasteiger partial charge in [0.2, 0.25) is 10.0 Å². The summed E-state index contributed by atoms with van der Waals surface area (Å²) >= 11 is 1.66. The lowest BCUT2D eigenvalue weighted by Gasteiger charge is -1.93. The molecule has 1 aromatic rings. The first-order valence-corrected chi connectivity index (χ1v) is 6.49. The average Bonchev–Trinajstić information content (AvgIpc) is 2.69. The average molecular weight is 217 g/mol. The minimum atomic E-state index is -3.31. The van der Waals surface area contributed by atoms with Crippen LogP contribution in [0.5, 0.6) is 0 Å². The third-order valence-electron chi connectivity index (χ3n) is 2.28. The van der Waals surface area contributed by atoms with E-state index in [-0.39, 0.29) is 11.2 Å². The topological polar surface area (TPSA) is 60.2 Å². The van der Waals surface area contributed by atoms with E-state index in [1.54, 1.807) is 11.3 Å². The van der Waals surface area contributed by atoms with Crippen molar-refractivity contribution in [1.29, 1.82) is 0 Å². The number of rotatable bonds is 2. The fraction of sp³-hybridized carbons (Fsp3) is 0.500. The van der Waals surface area contributed by atoms with Crippen LogP contribution in [0.15, 0.2) is 12.1 Å². The fourth-order valence-corrected chi connectivity index (χ4v) is 3.71. The van der Waals surface area contributed by atoms with Gasteiger partial charge in [0.1, 0.15) is 0 Å². The van der Waals surface area contributed by atoms with Gasteiger partial charge in [0.05, 0.1) is 5.25 Å². The molecule has 72 valence electrons. The van der Waals surface area contributed by atoms with Gasteiger partial charge < -0.3 is 0 Å². The Balaban J connectivity index is 2.17. The molecule has 0 spiro atoms. The molecule has 2 rings (SSSR count). The van der Waals surface area contributed by atoms with Gasteiger partial charge in [-0.05, 0) is 25.5 Å². The fourth-order valence-electron chi connectivity index (χ4n) is 1.49. The first kappa shape index (κ1) is 9.18. The summed E-state index contributed by atoms with van der Waals surface area (Å²) in [6, 6.07) is 4.01. The van der Waals surface area contributed by atoms with Crippen LogP contribution in [0.2, 0.25) is 0 Å². The Morgan fingerprint density at radius 1 is 1.54 bits per heavy atom. The van der Waals surface area contributed by atoms with Crippen LogP contribution < -0.4 is 5.14 Å². The number of nitrogens with two attached hydrogens (primary N) is 1. The molecular formula is C8H11NO2S2. The quantitative estimate of drug-likeness (QED) is 0.809. The predicted octanol–water partition coefficient (Wildman–Crippen LogP) is 1.20. The number of thiophene rings is 1. The van der Waals surface area contributed by atoms with E-state index in [0.29, 0.717) is 6.42 Å². The molecule has 1 aromatic heterocycles. The van der Waals surface area contributed by atoms with Gasteiger partial charge in [0.15, 0.2) is 0 Å². The third-order valence-corrected chi connectivity index (χ3v) is 4.78. The Kier molecular flexibility index (Phi) is 1.98. The van der Waals surface area contributed by atoms with E-state index >= 15 is 0 Å². The summed E-state index contributed by atoms with van der Waals surface area (Å²) in [5.74, 6) is 0.161. The molecule has 0 radical (unpaired) electrons. The molecule has 1 saturated carbocycles. The number of sulfonamides is 1. The summed E-state index contributed by atoms with van der Waals surface area (Å²) in [6.45, 7) is 2.02. The molecule has 0 saturated heterocycles. The van der Waals surface area contributed by atoms with Crippen LogP contribution >= 0.6 is 11.3 Å². The molecule has 1 aliphatic rings. The lowest BCUT2D eigenvalue weighted by molar-refractivity contribution is 0.596. The molecule has 2 atom stereocenters. The molecule has 1 fully saturated rings. The van der Waals surface area contributed by atoms with Gasteiger partial charge in [-0.3, -0.25) is 0 Å². The zero-order valence-corrected chi connectivity index (χ0v) is 8.86. The normalized spacial score (nSPS) is 27.5. The van der Waals surface area contributed by atoms with Crippen LogP contribution in [0.25, 0.3) is 0 Å². The second-order valence-corrected chi connectivity index (χ2v) is 6.52. The minimum absolute atomic E-state index is 0.161. The van der Waals surface area contributed by atoms with Crippen LogP contribution in [-0.4, -0.2) is 13.7 Å². The largest absolute Gasteiger partial charge is 0.228 e. The number of primary sulfonamides is 1. The first-order chi connectivity index (χ1) is 5.98. The van der Waals surface area contributed by atoms with Crippen molar-refractivity contribution in [3.05, 3.63) is 21.9 Å². The van der Waals surface area contributed by atoms with E-state index in [1.165, 1.54) is 4.88 Å². The lowest BCUT2D eigenvalue weighted by atomic mass is 10.3. The van der Waals surface area contributed by atoms with Crippen LogP contribution in [0, 0.1) is 6.92 Å². The van der Waals surface area contributed by atoms with Crippen molar-refractivity contribution in [2.24, 2.45) is 5.14 Å². The molecule has 2 unspecified atom stereocenters. The summed E-state index contributed by atoms with van der Waals surface area (Å²) in [5, 5.41) is 4.72. The third kappa shape index (κ3) is 1.77. The van der Waals surface area contributed by atoms with E-state index in [2.05, 4.69) is 0 Å². The van der Waals surface area contributed by atoms with Crippen LogP contribution in [0.3, 0.4) is 0 Å². The molecule has 13 heavy (non-hydrogen) atoms. The van der Waals surface area contributed by atoms with Crippen LogP contribution in [0.1, 0.15) is 22.1 Å². The van der Waals surface area contributed by atoms with Gasteiger partial charge in [-0.15, -0.1) is 11.3 Å². The zero-order valence-electron chi connectivity index (χ0n) is 7.23. The lowest BCUT2D eigenvalue weighted by Crippen LogP contribution is -2.18. The van der Waals surface area contributed by atoms with Crippen LogP contribution in [0.4, 0.5) is 0 Å². The van der Waals surface area contributed by atoms with Gasteiger partial charge in [0, 0.05) is 15.7 Å². The van der Waals surface area contributed by atoms with Gasteiger partial charge in [-0.2, -0.15) is 0 Å². The highest BCUT2D eigenvalue weighted by Crippen LogP contribution is 2.47. The van der Waals surface area contributed by atoms with Gasteiger partial charge in [0.25, 0.3) is 0 Å². The number of hydrogen-bond acceptors (Lipinski definition) is 3. The number of aryl methyl sites for hydroxylation is 1. The van der Waals surface area contributed by atoms with Gasteiger partial charge in [-0.25, -0.2) is 13.6 Å². The summed E-state index contributed by atoms with van der Waals surface area (Å²) in [6.07, 6.45) is 0.693. The van der Waals surface area contributed by atoms with E-state index in [1.807, 2.05) is 19.1 Å². The Morgan fingerprint density at radius 3 is 2.62 bits per heavy atom. The molecule has 1 heterocycles. The highest BCUT2D eigenvalue weighted by Gasteiger charge is 2.47. The van der Waals surface area contributed by atoms with Gasteiger partial charge in [-0.1, -0.05) is 0 Å². The van der Waals surface area contributed by atoms with Gasteiger partial charge >= 0.3 is 0 Å². The van der Waals surface area contributed by atoms with E-state index < -0.39 is 10.0 Å². The maximum Gasteiger partial charge on any atom is 0.212 e. The Morgan fingerprint density at radius 2 is 2.23 bits per heavy atom. The van der Waals surface area contributed by atoms with E-state index in [0.717, 1.165) is 4.88 Å². The molecule has 0 aliphatic heterocycles. The summed E-state index contributed by atoms with van der Waals surface area (Å²) < 4.78 is 21.9. The molecule has 0 bridgehead atoms. The molecule has 2 N–H and O–H groups in total. The van der Waals surface area contributed by atoms with Crippen molar-refractivity contribution in [1.82, 2.24) is 0 Å². The van der Waals surface area contributed by atoms with E-state index in [4.69, 9.17) is 5.14 Å². The summed E-state index contributed by atoms with van der Waals surface area (Å²) in [7, 11) is -3.31. The molecule has 5 heteroatoms. The molecule has 3 nitrogen and oxygen atoms in total. The van der Waals surface area contributed by atoms with Crippen LogP contribution in [-0.2, 0) is 10.0 Å². The first-order valence-electron chi connectivity index (χ1n) is 4.06. The monoisotopic (exact) mass is 217 g/mol. The maximum atomic E-state index is 11.0. The summed E-state index contributed by atoms with van der Waals surface area (Å²) in [4.78, 5) is 2.37. The molecule has 0 aromatic carbocycles. The Labute approximate surface area is 81.6 Å². The summed E-state index contributed by atoms with van der Waals surface area (Å²) in [5.41, 5.74) is 0. The highest BCUT2D eigenvalue weighted by molar-refractivity contribution is 7.90. The Hall–Kier alpha value is -0.390. The number of hydrogen-bond donors (Lipinski definition) is 1. The maximum absolute atomic E-state index is 11.0. The van der Waals surface area contributed by atoms with E-state index in [9.17, 15) is 8.42 Å². The van der Waals surface area contributed by atoms with Crippen molar-refractivity contribution in [2.45, 2.75) is 24.5 Å². The smallest absolute Gasteiger partial charge is 0.212 e. The molecule has 1 aliphatic carbocycles. The van der Waals surface area contributed by atoms with Crippen molar-refractivity contribution in [3.8, 4) is 0 Å². The minimum Gasteiger partial charge on any atom is -0.228 e. The van der Waals surface area contributed by atoms with Crippen molar-refractivity contribution < 1.29 is 8.42 Å². The Bertz CT molecular complexity index is 421. The van der Waals surface area contributed by atoms with Crippen molar-refractivity contribution >= 4 is 21.4 Å². The molecular weight excluding hydrogens is 206 g/mol.